The van der Waals surface area contributed by atoms with Gasteiger partial charge in [0.25, 0.3) is 0 Å². The van der Waals surface area contributed by atoms with Crippen molar-refractivity contribution in [1.82, 2.24) is 4.98 Å². The van der Waals surface area contributed by atoms with Crippen molar-refractivity contribution in [2.75, 3.05) is 0 Å². The molecular formula is C6H10N2. The summed E-state index contributed by atoms with van der Waals surface area (Å²) in [6.07, 6.45) is 1.87. The second kappa shape index (κ2) is 2.01. The average molecular weight is 110 g/mol. The van der Waals surface area contributed by atoms with Crippen LogP contribution >= 0.6 is 0 Å². The van der Waals surface area contributed by atoms with E-state index < -0.39 is 0 Å². The molecule has 0 aliphatic carbocycles. The minimum atomic E-state index is 0.130. The standard InChI is InChI=1S/C6H10N2/c1-5(7)6-3-2-4-8-6/h2-5,8H,7H2,1H3/t5-/m1/s1. The molecule has 8 heavy (non-hydrogen) atoms. The minimum absolute atomic E-state index is 0.130. The van der Waals surface area contributed by atoms with Gasteiger partial charge in [-0.25, -0.2) is 0 Å². The zero-order valence-corrected chi connectivity index (χ0v) is 4.89. The predicted molar refractivity (Wildman–Crippen MR) is 33.4 cm³/mol. The van der Waals surface area contributed by atoms with Gasteiger partial charge in [0.2, 0.25) is 0 Å². The lowest BCUT2D eigenvalue weighted by Crippen LogP contribution is -2.04. The molecule has 1 atom stereocenters. The molecule has 0 fully saturated rings. The van der Waals surface area contributed by atoms with Gasteiger partial charge < -0.3 is 10.7 Å². The van der Waals surface area contributed by atoms with Crippen LogP contribution in [0.4, 0.5) is 0 Å². The van der Waals surface area contributed by atoms with E-state index in [4.69, 9.17) is 5.73 Å². The fourth-order valence-electron chi connectivity index (χ4n) is 0.627. The first-order valence-corrected chi connectivity index (χ1v) is 2.69. The number of aromatic nitrogens is 1. The Morgan fingerprint density at radius 2 is 2.50 bits per heavy atom. The molecule has 1 rings (SSSR count). The van der Waals surface area contributed by atoms with E-state index in [-0.39, 0.29) is 6.04 Å². The quantitative estimate of drug-likeness (QED) is 0.557. The van der Waals surface area contributed by atoms with Crippen LogP contribution in [0.25, 0.3) is 0 Å². The van der Waals surface area contributed by atoms with Crippen molar-refractivity contribution < 1.29 is 0 Å². The summed E-state index contributed by atoms with van der Waals surface area (Å²) >= 11 is 0. The van der Waals surface area contributed by atoms with E-state index in [1.54, 1.807) is 0 Å². The lowest BCUT2D eigenvalue weighted by atomic mass is 10.3. The van der Waals surface area contributed by atoms with Crippen molar-refractivity contribution in [3.8, 4) is 0 Å². The summed E-state index contributed by atoms with van der Waals surface area (Å²) in [5, 5.41) is 0. The van der Waals surface area contributed by atoms with E-state index in [1.807, 2.05) is 25.3 Å². The molecule has 0 aliphatic rings. The Balaban J connectivity index is 2.77. The van der Waals surface area contributed by atoms with Gasteiger partial charge >= 0.3 is 0 Å². The number of aromatic amines is 1. The zero-order chi connectivity index (χ0) is 5.98. The van der Waals surface area contributed by atoms with E-state index in [0.717, 1.165) is 5.69 Å². The van der Waals surface area contributed by atoms with Gasteiger partial charge in [0, 0.05) is 17.9 Å². The summed E-state index contributed by atoms with van der Waals surface area (Å²) in [5.41, 5.74) is 6.61. The summed E-state index contributed by atoms with van der Waals surface area (Å²) in [5.74, 6) is 0. The molecule has 1 aromatic rings. The maximum Gasteiger partial charge on any atom is 0.0419 e. The smallest absolute Gasteiger partial charge is 0.0419 e. The van der Waals surface area contributed by atoms with Gasteiger partial charge in [0.15, 0.2) is 0 Å². The second-order valence-electron chi connectivity index (χ2n) is 1.91. The predicted octanol–water partition coefficient (Wildman–Crippen LogP) is 1.03. The Hall–Kier alpha value is -0.760. The third kappa shape index (κ3) is 0.898. The molecule has 0 aliphatic heterocycles. The molecule has 0 saturated heterocycles. The molecule has 0 bridgehead atoms. The molecule has 0 radical (unpaired) electrons. The summed E-state index contributed by atoms with van der Waals surface area (Å²) in [7, 11) is 0. The van der Waals surface area contributed by atoms with Crippen molar-refractivity contribution in [1.29, 1.82) is 0 Å². The Bertz CT molecular complexity index is 142. The Morgan fingerprint density at radius 1 is 1.75 bits per heavy atom. The molecule has 1 heterocycles. The minimum Gasteiger partial charge on any atom is -0.364 e. The molecule has 0 amide bonds. The van der Waals surface area contributed by atoms with Crippen LogP contribution in [-0.4, -0.2) is 4.98 Å². The fourth-order valence-corrected chi connectivity index (χ4v) is 0.627. The lowest BCUT2D eigenvalue weighted by molar-refractivity contribution is 0.789. The molecule has 0 saturated carbocycles. The molecular weight excluding hydrogens is 100 g/mol. The van der Waals surface area contributed by atoms with Gasteiger partial charge in [-0.3, -0.25) is 0 Å². The second-order valence-corrected chi connectivity index (χ2v) is 1.91. The van der Waals surface area contributed by atoms with Gasteiger partial charge in [-0.15, -0.1) is 0 Å². The van der Waals surface area contributed by atoms with Crippen LogP contribution < -0.4 is 5.73 Å². The molecule has 0 unspecified atom stereocenters. The maximum atomic E-state index is 5.53. The highest BCUT2D eigenvalue weighted by atomic mass is 14.8. The third-order valence-corrected chi connectivity index (χ3v) is 1.11. The summed E-state index contributed by atoms with van der Waals surface area (Å²) in [4.78, 5) is 3.01. The molecule has 0 aromatic carbocycles. The topological polar surface area (TPSA) is 41.8 Å². The van der Waals surface area contributed by atoms with Crippen molar-refractivity contribution in [3.63, 3.8) is 0 Å². The van der Waals surface area contributed by atoms with Crippen molar-refractivity contribution in [2.24, 2.45) is 5.73 Å². The number of hydrogen-bond acceptors (Lipinski definition) is 1. The molecule has 44 valence electrons. The van der Waals surface area contributed by atoms with Crippen LogP contribution in [0.5, 0.6) is 0 Å². The number of nitrogens with two attached hydrogens (primary N) is 1. The normalized spacial score (nSPS) is 13.8. The number of rotatable bonds is 1. The molecule has 2 nitrogen and oxygen atoms in total. The van der Waals surface area contributed by atoms with Crippen LogP contribution in [-0.2, 0) is 0 Å². The Kier molecular flexibility index (Phi) is 1.35. The van der Waals surface area contributed by atoms with Gasteiger partial charge in [-0.2, -0.15) is 0 Å². The van der Waals surface area contributed by atoms with Crippen LogP contribution in [0.1, 0.15) is 18.7 Å². The lowest BCUT2D eigenvalue weighted by Gasteiger charge is -1.97. The van der Waals surface area contributed by atoms with E-state index >= 15 is 0 Å². The first-order valence-electron chi connectivity index (χ1n) is 2.69. The SMILES string of the molecule is C[C@@H](N)c1ccc[nH]1. The first-order chi connectivity index (χ1) is 3.80. The summed E-state index contributed by atoms with van der Waals surface area (Å²) < 4.78 is 0. The highest BCUT2D eigenvalue weighted by molar-refractivity contribution is 5.06. The van der Waals surface area contributed by atoms with Crippen molar-refractivity contribution >= 4 is 0 Å². The van der Waals surface area contributed by atoms with Gasteiger partial charge in [0.1, 0.15) is 0 Å². The first kappa shape index (κ1) is 5.38. The average Bonchev–Trinajstić information content (AvgIpc) is 2.12. The molecule has 0 spiro atoms. The van der Waals surface area contributed by atoms with Gasteiger partial charge in [-0.1, -0.05) is 0 Å². The van der Waals surface area contributed by atoms with E-state index in [9.17, 15) is 0 Å². The van der Waals surface area contributed by atoms with E-state index in [2.05, 4.69) is 4.98 Å². The van der Waals surface area contributed by atoms with Crippen LogP contribution in [0, 0.1) is 0 Å². The van der Waals surface area contributed by atoms with Crippen LogP contribution in [0.3, 0.4) is 0 Å². The van der Waals surface area contributed by atoms with E-state index in [1.165, 1.54) is 0 Å². The van der Waals surface area contributed by atoms with Gasteiger partial charge in [-0.05, 0) is 19.1 Å². The maximum absolute atomic E-state index is 5.53. The number of nitrogens with one attached hydrogen (secondary N) is 1. The van der Waals surface area contributed by atoms with Crippen LogP contribution in [0.15, 0.2) is 18.3 Å². The van der Waals surface area contributed by atoms with E-state index in [0.29, 0.717) is 0 Å². The van der Waals surface area contributed by atoms with Crippen molar-refractivity contribution in [2.45, 2.75) is 13.0 Å². The monoisotopic (exact) mass is 110 g/mol. The highest BCUT2D eigenvalue weighted by Crippen LogP contribution is 2.03. The molecule has 1 aromatic heterocycles. The van der Waals surface area contributed by atoms with Crippen LogP contribution in [0.2, 0.25) is 0 Å². The number of H-pyrrole nitrogens is 1. The Morgan fingerprint density at radius 3 is 2.75 bits per heavy atom. The summed E-state index contributed by atoms with van der Waals surface area (Å²) in [6.45, 7) is 1.95. The third-order valence-electron chi connectivity index (χ3n) is 1.11. The van der Waals surface area contributed by atoms with Crippen molar-refractivity contribution in [3.05, 3.63) is 24.0 Å². The molecule has 3 N–H and O–H groups in total. The van der Waals surface area contributed by atoms with Gasteiger partial charge in [0.05, 0.1) is 0 Å². The largest absolute Gasteiger partial charge is 0.364 e. The highest BCUT2D eigenvalue weighted by Gasteiger charge is 1.94. The number of hydrogen-bond donors (Lipinski definition) is 2. The summed E-state index contributed by atoms with van der Waals surface area (Å²) in [6, 6.07) is 4.05. The Labute approximate surface area is 48.7 Å². The molecule has 2 heteroatoms. The zero-order valence-electron chi connectivity index (χ0n) is 4.89. The fraction of sp³-hybridized carbons (Fsp3) is 0.333.